The van der Waals surface area contributed by atoms with Crippen LogP contribution in [0.5, 0.6) is 17.2 Å². The van der Waals surface area contributed by atoms with Crippen LogP contribution in [0.2, 0.25) is 0 Å². The summed E-state index contributed by atoms with van der Waals surface area (Å²) in [5, 5.41) is 14.0. The average molecular weight is 428 g/mol. The third-order valence-electron chi connectivity index (χ3n) is 5.33. The maximum atomic E-state index is 12.0. The van der Waals surface area contributed by atoms with E-state index in [1.807, 2.05) is 36.4 Å². The normalized spacial score (nSPS) is 14.6. The monoisotopic (exact) mass is 427 g/mol. The highest BCUT2D eigenvalue weighted by molar-refractivity contribution is 7.21. The summed E-state index contributed by atoms with van der Waals surface area (Å²) in [6, 6.07) is 11.7. The Morgan fingerprint density at radius 2 is 1.83 bits per heavy atom. The van der Waals surface area contributed by atoms with Gasteiger partial charge in [-0.15, -0.1) is 11.3 Å². The highest BCUT2D eigenvalue weighted by atomic mass is 32.1. The van der Waals surface area contributed by atoms with E-state index in [4.69, 9.17) is 14.2 Å². The molecule has 1 aromatic heterocycles. The van der Waals surface area contributed by atoms with Gasteiger partial charge in [-0.25, -0.2) is 4.79 Å². The lowest BCUT2D eigenvalue weighted by Crippen LogP contribution is -2.34. The number of fused-ring (bicyclic) bond motifs is 1. The second kappa shape index (κ2) is 8.93. The first-order chi connectivity index (χ1) is 14.6. The Morgan fingerprint density at radius 1 is 1.13 bits per heavy atom. The second-order valence-electron chi connectivity index (χ2n) is 7.32. The van der Waals surface area contributed by atoms with Gasteiger partial charge in [0.2, 0.25) is 0 Å². The van der Waals surface area contributed by atoms with Gasteiger partial charge in [0.1, 0.15) is 17.6 Å². The quantitative estimate of drug-likeness (QED) is 0.584. The SMILES string of the molecule is COc1cc(Cc2cccc3sc(C(=O)O)c(OC4CCNCC4)c23)cc(OC)c1. The molecule has 2 N–H and O–H groups in total. The van der Waals surface area contributed by atoms with Gasteiger partial charge in [0.15, 0.2) is 10.6 Å². The predicted octanol–water partition coefficient (Wildman–Crippen LogP) is 4.34. The van der Waals surface area contributed by atoms with Crippen LogP contribution in [-0.4, -0.2) is 44.5 Å². The molecule has 0 unspecified atom stereocenters. The minimum atomic E-state index is -0.950. The lowest BCUT2D eigenvalue weighted by atomic mass is 10.0. The Morgan fingerprint density at radius 3 is 2.47 bits per heavy atom. The number of piperidine rings is 1. The van der Waals surface area contributed by atoms with E-state index in [0.717, 1.165) is 58.6 Å². The van der Waals surface area contributed by atoms with E-state index in [-0.39, 0.29) is 11.0 Å². The molecule has 0 bridgehead atoms. The Bertz CT molecular complexity index is 1030. The number of rotatable bonds is 7. The number of aromatic carboxylic acids is 1. The van der Waals surface area contributed by atoms with Crippen molar-refractivity contribution < 1.29 is 24.1 Å². The van der Waals surface area contributed by atoms with Crippen molar-refractivity contribution in [3.63, 3.8) is 0 Å². The minimum absolute atomic E-state index is 0.0205. The zero-order valence-electron chi connectivity index (χ0n) is 17.1. The average Bonchev–Trinajstić information content (AvgIpc) is 3.14. The smallest absolute Gasteiger partial charge is 0.349 e. The molecule has 6 nitrogen and oxygen atoms in total. The third kappa shape index (κ3) is 4.22. The van der Waals surface area contributed by atoms with Crippen LogP contribution in [0, 0.1) is 0 Å². The third-order valence-corrected chi connectivity index (χ3v) is 6.45. The first kappa shape index (κ1) is 20.5. The molecule has 1 aliphatic heterocycles. The summed E-state index contributed by atoms with van der Waals surface area (Å²) in [4.78, 5) is 12.2. The summed E-state index contributed by atoms with van der Waals surface area (Å²) in [7, 11) is 3.25. The van der Waals surface area contributed by atoms with E-state index >= 15 is 0 Å². The van der Waals surface area contributed by atoms with Crippen molar-refractivity contribution in [2.45, 2.75) is 25.4 Å². The molecular formula is C23H25NO5S. The summed E-state index contributed by atoms with van der Waals surface area (Å²) in [5.41, 5.74) is 2.05. The summed E-state index contributed by atoms with van der Waals surface area (Å²) >= 11 is 1.27. The fraction of sp³-hybridized carbons (Fsp3) is 0.348. The van der Waals surface area contributed by atoms with Crippen LogP contribution >= 0.6 is 11.3 Å². The molecule has 0 spiro atoms. The van der Waals surface area contributed by atoms with Gasteiger partial charge in [-0.1, -0.05) is 12.1 Å². The molecule has 0 saturated carbocycles. The molecule has 3 aromatic rings. The van der Waals surface area contributed by atoms with Crippen LogP contribution in [0.25, 0.3) is 10.1 Å². The number of hydrogen-bond acceptors (Lipinski definition) is 6. The number of carboxylic acids is 1. The van der Waals surface area contributed by atoms with Gasteiger partial charge >= 0.3 is 5.97 Å². The minimum Gasteiger partial charge on any atom is -0.497 e. The number of hydrogen-bond donors (Lipinski definition) is 2. The number of ether oxygens (including phenoxy) is 3. The molecule has 4 rings (SSSR count). The largest absolute Gasteiger partial charge is 0.497 e. The molecular weight excluding hydrogens is 402 g/mol. The van der Waals surface area contributed by atoms with E-state index in [9.17, 15) is 9.90 Å². The van der Waals surface area contributed by atoms with Crippen molar-refractivity contribution in [2.24, 2.45) is 0 Å². The van der Waals surface area contributed by atoms with Crippen LogP contribution in [0.4, 0.5) is 0 Å². The zero-order valence-corrected chi connectivity index (χ0v) is 17.9. The molecule has 0 radical (unpaired) electrons. The number of nitrogens with one attached hydrogen (secondary N) is 1. The number of benzene rings is 2. The van der Waals surface area contributed by atoms with E-state index in [0.29, 0.717) is 12.2 Å². The maximum absolute atomic E-state index is 12.0. The molecule has 1 fully saturated rings. The summed E-state index contributed by atoms with van der Waals surface area (Å²) in [6.45, 7) is 1.76. The maximum Gasteiger partial charge on any atom is 0.349 e. The molecule has 2 heterocycles. The van der Waals surface area contributed by atoms with Crippen molar-refractivity contribution in [2.75, 3.05) is 27.3 Å². The Hall–Kier alpha value is -2.77. The molecule has 158 valence electrons. The van der Waals surface area contributed by atoms with Gasteiger partial charge in [-0.05, 0) is 61.7 Å². The summed E-state index contributed by atoms with van der Waals surface area (Å²) in [6.07, 6.45) is 2.37. The van der Waals surface area contributed by atoms with Crippen LogP contribution in [0.3, 0.4) is 0 Å². The number of carbonyl (C=O) groups is 1. The van der Waals surface area contributed by atoms with Gasteiger partial charge in [0, 0.05) is 16.2 Å². The predicted molar refractivity (Wildman–Crippen MR) is 118 cm³/mol. The topological polar surface area (TPSA) is 77.0 Å². The van der Waals surface area contributed by atoms with Gasteiger partial charge < -0.3 is 24.6 Å². The van der Waals surface area contributed by atoms with Crippen LogP contribution in [0.1, 0.15) is 33.6 Å². The first-order valence-electron chi connectivity index (χ1n) is 9.96. The second-order valence-corrected chi connectivity index (χ2v) is 8.37. The highest BCUT2D eigenvalue weighted by Crippen LogP contribution is 2.42. The Kier molecular flexibility index (Phi) is 6.11. The first-order valence-corrected chi connectivity index (χ1v) is 10.8. The highest BCUT2D eigenvalue weighted by Gasteiger charge is 2.25. The summed E-state index contributed by atoms with van der Waals surface area (Å²) in [5.74, 6) is 0.993. The fourth-order valence-corrected chi connectivity index (χ4v) is 4.88. The Labute approximate surface area is 179 Å². The molecule has 1 aliphatic rings. The van der Waals surface area contributed by atoms with Crippen molar-refractivity contribution in [3.05, 3.63) is 52.4 Å². The van der Waals surface area contributed by atoms with E-state index in [1.165, 1.54) is 11.3 Å². The van der Waals surface area contributed by atoms with Gasteiger partial charge in [0.05, 0.1) is 14.2 Å². The number of carboxylic acid groups (broad SMARTS) is 1. The standard InChI is InChI=1S/C23H25NO5S/c1-27-17-11-14(12-18(13-17)28-2)10-15-4-3-5-19-20(15)21(22(30-19)23(25)26)29-16-6-8-24-9-7-16/h3-5,11-13,16,24H,6-10H2,1-2H3,(H,25,26). The van der Waals surface area contributed by atoms with Crippen molar-refractivity contribution in [1.29, 1.82) is 0 Å². The van der Waals surface area contributed by atoms with Gasteiger partial charge in [0.25, 0.3) is 0 Å². The van der Waals surface area contributed by atoms with Gasteiger partial charge in [-0.2, -0.15) is 0 Å². The lowest BCUT2D eigenvalue weighted by molar-refractivity contribution is 0.0693. The lowest BCUT2D eigenvalue weighted by Gasteiger charge is -2.24. The summed E-state index contributed by atoms with van der Waals surface area (Å²) < 4.78 is 18.0. The zero-order chi connectivity index (χ0) is 21.1. The number of methoxy groups -OCH3 is 2. The number of thiophene rings is 1. The molecule has 30 heavy (non-hydrogen) atoms. The van der Waals surface area contributed by atoms with Crippen molar-refractivity contribution >= 4 is 27.4 Å². The van der Waals surface area contributed by atoms with Crippen molar-refractivity contribution in [3.8, 4) is 17.2 Å². The van der Waals surface area contributed by atoms with Gasteiger partial charge in [-0.3, -0.25) is 0 Å². The molecule has 7 heteroatoms. The molecule has 0 aliphatic carbocycles. The molecule has 1 saturated heterocycles. The van der Waals surface area contributed by atoms with Crippen molar-refractivity contribution in [1.82, 2.24) is 5.32 Å². The van der Waals surface area contributed by atoms with E-state index < -0.39 is 5.97 Å². The fourth-order valence-electron chi connectivity index (χ4n) is 3.86. The Balaban J connectivity index is 1.77. The van der Waals surface area contributed by atoms with Crippen LogP contribution in [0.15, 0.2) is 36.4 Å². The van der Waals surface area contributed by atoms with E-state index in [2.05, 4.69) is 5.32 Å². The molecule has 0 atom stereocenters. The van der Waals surface area contributed by atoms with E-state index in [1.54, 1.807) is 14.2 Å². The van der Waals surface area contributed by atoms with Crippen LogP contribution < -0.4 is 19.5 Å². The molecule has 0 amide bonds. The molecule has 2 aromatic carbocycles. The van der Waals surface area contributed by atoms with Crippen LogP contribution in [-0.2, 0) is 6.42 Å².